The van der Waals surface area contributed by atoms with Gasteiger partial charge in [0, 0.05) is 27.8 Å². The zero-order valence-corrected chi connectivity index (χ0v) is 23.5. The topological polar surface area (TPSA) is 16.4 Å². The number of benzene rings is 8. The van der Waals surface area contributed by atoms with Gasteiger partial charge >= 0.3 is 0 Å². The number of hydrogen-bond acceptors (Lipinski definition) is 2. The van der Waals surface area contributed by atoms with Crippen LogP contribution in [0.3, 0.4) is 0 Å². The first-order valence-electron chi connectivity index (χ1n) is 24.5. The summed E-state index contributed by atoms with van der Waals surface area (Å²) in [6.07, 6.45) is 0. The molecular weight excluding hydrogens is 558 g/mol. The molecule has 0 spiro atoms. The lowest BCUT2D eigenvalue weighted by molar-refractivity contribution is 0.669. The summed E-state index contributed by atoms with van der Waals surface area (Å²) >= 11 is 0. The maximum atomic E-state index is 9.33. The van der Waals surface area contributed by atoms with Crippen molar-refractivity contribution in [3.05, 3.63) is 175 Å². The van der Waals surface area contributed by atoms with Gasteiger partial charge in [-0.25, -0.2) is 0 Å². The lowest BCUT2D eigenvalue weighted by Crippen LogP contribution is -2.09. The standard InChI is InChI=1S/C44H29NO/c1-2-11-35(12-3-1)45(37-25-19-32(20-26-37)39-15-8-10-31-9-4-5-13-38(31)39)36-23-17-30(18-24-36)33-21-27-40-34(29-33)22-28-43-44(40)41-14-6-7-16-42(41)46-43/h1-29H/i1D,2D,3D,4D,5D,6D,7D,8D,9D,10D,11D,12D,13D,14D,15D,16D,21D,22D,27D,28D,29D. The summed E-state index contributed by atoms with van der Waals surface area (Å²) in [6.45, 7) is 0. The third-order valence-corrected chi connectivity index (χ3v) is 7.55. The summed E-state index contributed by atoms with van der Waals surface area (Å²) in [5, 5.41) is -1.12. The molecule has 8 aromatic carbocycles. The summed E-state index contributed by atoms with van der Waals surface area (Å²) in [4.78, 5) is 1.33. The first-order chi connectivity index (χ1) is 31.5. The van der Waals surface area contributed by atoms with Crippen molar-refractivity contribution in [1.29, 1.82) is 0 Å². The number of nitrogens with zero attached hydrogens (tertiary/aromatic N) is 1. The highest BCUT2D eigenvalue weighted by Gasteiger charge is 2.14. The van der Waals surface area contributed by atoms with Crippen molar-refractivity contribution in [2.45, 2.75) is 0 Å². The van der Waals surface area contributed by atoms with Gasteiger partial charge in [-0.2, -0.15) is 0 Å². The minimum absolute atomic E-state index is 0.0609. The SMILES string of the molecule is [2H]c1c([2H])c([2H])c(N(c2ccc(-c3c([2H])c([2H])c4c(c3[2H])c([2H])c([2H])c3oc5c([2H])c([2H])c([2H])c([2H])c5c34)cc2)c2ccc(-c3c([2H])c([2H])c([2H])c4c([2H])c([2H])c([2H])c([2H])c34)cc2)c([2H])c1[2H]. The fourth-order valence-electron chi connectivity index (χ4n) is 5.44. The molecule has 9 rings (SSSR count). The van der Waals surface area contributed by atoms with Crippen LogP contribution < -0.4 is 4.90 Å². The van der Waals surface area contributed by atoms with Gasteiger partial charge in [0.25, 0.3) is 0 Å². The predicted octanol–water partition coefficient (Wildman–Crippen LogP) is 12.7. The van der Waals surface area contributed by atoms with E-state index in [0.717, 1.165) is 0 Å². The number of anilines is 3. The molecule has 0 radical (unpaired) electrons. The van der Waals surface area contributed by atoms with Crippen LogP contribution in [0.2, 0.25) is 0 Å². The quantitative estimate of drug-likeness (QED) is 0.193. The molecule has 46 heavy (non-hydrogen) atoms. The van der Waals surface area contributed by atoms with Crippen LogP contribution in [0.1, 0.15) is 28.8 Å². The lowest BCUT2D eigenvalue weighted by atomic mass is 9.97. The van der Waals surface area contributed by atoms with E-state index >= 15 is 0 Å². The Morgan fingerprint density at radius 2 is 1.09 bits per heavy atom. The van der Waals surface area contributed by atoms with Crippen molar-refractivity contribution in [3.63, 3.8) is 0 Å². The zero-order chi connectivity index (χ0) is 48.7. The van der Waals surface area contributed by atoms with Gasteiger partial charge in [-0.15, -0.1) is 0 Å². The molecule has 9 aromatic rings. The van der Waals surface area contributed by atoms with E-state index in [1.807, 2.05) is 0 Å². The Morgan fingerprint density at radius 1 is 0.413 bits per heavy atom. The molecule has 0 aliphatic carbocycles. The molecule has 0 amide bonds. The van der Waals surface area contributed by atoms with Crippen LogP contribution in [0.5, 0.6) is 0 Å². The number of fused-ring (bicyclic) bond motifs is 6. The second kappa shape index (κ2) is 10.8. The Morgan fingerprint density at radius 3 is 1.89 bits per heavy atom. The molecule has 2 nitrogen and oxygen atoms in total. The molecule has 1 heterocycles. The molecule has 0 aliphatic heterocycles. The largest absolute Gasteiger partial charge is 0.456 e. The highest BCUT2D eigenvalue weighted by molar-refractivity contribution is 6.19. The maximum Gasteiger partial charge on any atom is 0.136 e. The summed E-state index contributed by atoms with van der Waals surface area (Å²) in [6, 6.07) is -0.252. The maximum absolute atomic E-state index is 9.33. The van der Waals surface area contributed by atoms with Crippen molar-refractivity contribution in [3.8, 4) is 22.3 Å². The average molecular weight is 609 g/mol. The molecule has 0 aliphatic rings. The molecule has 0 N–H and O–H groups in total. The van der Waals surface area contributed by atoms with Crippen LogP contribution in [-0.4, -0.2) is 0 Å². The van der Waals surface area contributed by atoms with Crippen LogP contribution in [0.4, 0.5) is 17.1 Å². The molecule has 0 saturated heterocycles. The third kappa shape index (κ3) is 4.43. The van der Waals surface area contributed by atoms with E-state index < -0.39 is 127 Å². The van der Waals surface area contributed by atoms with E-state index in [1.54, 1.807) is 0 Å². The van der Waals surface area contributed by atoms with Crippen LogP contribution in [0.15, 0.2) is 180 Å². The van der Waals surface area contributed by atoms with Crippen LogP contribution in [0.25, 0.3) is 65.7 Å². The Bertz CT molecular complexity index is 3660. The normalized spacial score (nSPS) is 17.9. The molecular formula is C44H29NO. The Kier molecular flexibility index (Phi) is 2.98. The summed E-state index contributed by atoms with van der Waals surface area (Å²) in [7, 11) is 0. The number of para-hydroxylation sites is 2. The number of rotatable bonds is 5. The van der Waals surface area contributed by atoms with Gasteiger partial charge in [0.05, 0.1) is 28.8 Å². The molecule has 0 atom stereocenters. The molecule has 0 saturated carbocycles. The van der Waals surface area contributed by atoms with Crippen molar-refractivity contribution in [2.75, 3.05) is 4.90 Å². The highest BCUT2D eigenvalue weighted by atomic mass is 16.3. The van der Waals surface area contributed by atoms with Gasteiger partial charge in [0.1, 0.15) is 11.2 Å². The summed E-state index contributed by atoms with van der Waals surface area (Å²) < 4.78 is 187. The molecule has 2 heteroatoms. The van der Waals surface area contributed by atoms with Crippen molar-refractivity contribution >= 4 is 60.5 Å². The molecule has 216 valence electrons. The number of hydrogen-bond donors (Lipinski definition) is 0. The van der Waals surface area contributed by atoms with Gasteiger partial charge < -0.3 is 9.32 Å². The van der Waals surface area contributed by atoms with Gasteiger partial charge in [-0.05, 0) is 98.3 Å². The van der Waals surface area contributed by atoms with Gasteiger partial charge in [-0.3, -0.25) is 0 Å². The minimum Gasteiger partial charge on any atom is -0.456 e. The van der Waals surface area contributed by atoms with E-state index in [9.17, 15) is 2.74 Å². The third-order valence-electron chi connectivity index (χ3n) is 7.55. The summed E-state index contributed by atoms with van der Waals surface area (Å²) in [5.74, 6) is 0. The molecule has 0 fully saturated rings. The van der Waals surface area contributed by atoms with Crippen molar-refractivity contribution in [2.24, 2.45) is 0 Å². The fraction of sp³-hybridized carbons (Fsp3) is 0. The highest BCUT2D eigenvalue weighted by Crippen LogP contribution is 2.39. The van der Waals surface area contributed by atoms with E-state index in [2.05, 4.69) is 0 Å². The smallest absolute Gasteiger partial charge is 0.136 e. The Balaban J connectivity index is 1.24. The van der Waals surface area contributed by atoms with Crippen LogP contribution >= 0.6 is 0 Å². The lowest BCUT2D eigenvalue weighted by Gasteiger charge is -2.26. The van der Waals surface area contributed by atoms with E-state index in [-0.39, 0.29) is 82.8 Å². The minimum atomic E-state index is -0.660. The van der Waals surface area contributed by atoms with Crippen molar-refractivity contribution < 1.29 is 33.2 Å². The van der Waals surface area contributed by atoms with E-state index in [0.29, 0.717) is 0 Å². The molecule has 0 unspecified atom stereocenters. The molecule has 0 bridgehead atoms. The Hall–Kier alpha value is -6.12. The average Bonchev–Trinajstić information content (AvgIpc) is 3.72. The fourth-order valence-corrected chi connectivity index (χ4v) is 5.44. The number of furan rings is 1. The predicted molar refractivity (Wildman–Crippen MR) is 194 cm³/mol. The summed E-state index contributed by atoms with van der Waals surface area (Å²) in [5.41, 5.74) is -0.381. The Labute approximate surface area is 296 Å². The van der Waals surface area contributed by atoms with Crippen LogP contribution in [0, 0.1) is 0 Å². The van der Waals surface area contributed by atoms with E-state index in [1.165, 1.54) is 53.4 Å². The second-order valence-electron chi connectivity index (χ2n) is 10.2. The van der Waals surface area contributed by atoms with Gasteiger partial charge in [0.2, 0.25) is 0 Å². The van der Waals surface area contributed by atoms with Crippen LogP contribution in [-0.2, 0) is 0 Å². The van der Waals surface area contributed by atoms with E-state index in [4.69, 9.17) is 30.5 Å². The van der Waals surface area contributed by atoms with Gasteiger partial charge in [-0.1, -0.05) is 121 Å². The van der Waals surface area contributed by atoms with Gasteiger partial charge in [0.15, 0.2) is 0 Å². The monoisotopic (exact) mass is 608 g/mol. The second-order valence-corrected chi connectivity index (χ2v) is 10.2. The molecule has 1 aromatic heterocycles. The first kappa shape index (κ1) is 12.7. The first-order valence-corrected chi connectivity index (χ1v) is 14.0. The van der Waals surface area contributed by atoms with Crippen molar-refractivity contribution in [1.82, 2.24) is 0 Å². The zero-order valence-electron chi connectivity index (χ0n) is 44.5.